The van der Waals surface area contributed by atoms with Crippen molar-refractivity contribution < 1.29 is 14.6 Å². The smallest absolute Gasteiger partial charge is 0.162 e. The van der Waals surface area contributed by atoms with E-state index in [1.807, 2.05) is 25.1 Å². The van der Waals surface area contributed by atoms with Crippen molar-refractivity contribution >= 4 is 16.7 Å². The molecule has 3 rings (SSSR count). The van der Waals surface area contributed by atoms with Crippen molar-refractivity contribution in [2.45, 2.75) is 40.7 Å². The molecule has 30 heavy (non-hydrogen) atoms. The van der Waals surface area contributed by atoms with Crippen molar-refractivity contribution in [3.63, 3.8) is 0 Å². The summed E-state index contributed by atoms with van der Waals surface area (Å²) in [4.78, 5) is 14.6. The normalized spacial score (nSPS) is 12.5. The van der Waals surface area contributed by atoms with E-state index in [-0.39, 0.29) is 12.4 Å². The van der Waals surface area contributed by atoms with Gasteiger partial charge in [-0.3, -0.25) is 4.79 Å². The topological polar surface area (TPSA) is 54.7 Å². The van der Waals surface area contributed by atoms with Crippen LogP contribution in [0.4, 0.5) is 0 Å². The minimum atomic E-state index is -0.563. The van der Waals surface area contributed by atoms with E-state index in [4.69, 9.17) is 4.74 Å². The monoisotopic (exact) mass is 408 g/mol. The number of aliphatic hydroxyl groups is 1. The van der Waals surface area contributed by atoms with Crippen molar-refractivity contribution in [1.82, 2.24) is 9.47 Å². The second-order valence-corrected chi connectivity index (χ2v) is 7.82. The molecule has 5 nitrogen and oxygen atoms in total. The van der Waals surface area contributed by atoms with Crippen molar-refractivity contribution in [3.8, 4) is 11.4 Å². The molecule has 0 aliphatic rings. The molecule has 160 valence electrons. The molecule has 5 heteroatoms. The van der Waals surface area contributed by atoms with E-state index in [1.165, 1.54) is 5.56 Å². The summed E-state index contributed by atoms with van der Waals surface area (Å²) in [7, 11) is 0. The summed E-state index contributed by atoms with van der Waals surface area (Å²) in [6, 6.07) is 14.1. The molecule has 0 aliphatic carbocycles. The summed E-state index contributed by atoms with van der Waals surface area (Å²) >= 11 is 0. The summed E-state index contributed by atoms with van der Waals surface area (Å²) in [6.07, 6.45) is -0.563. The zero-order valence-electron chi connectivity index (χ0n) is 18.6. The Hall–Kier alpha value is -2.63. The van der Waals surface area contributed by atoms with E-state index in [1.54, 1.807) is 6.92 Å². The number of carbonyl (C=O) groups excluding carboxylic acids is 1. The van der Waals surface area contributed by atoms with E-state index in [9.17, 15) is 9.90 Å². The number of aryl methyl sites for hydroxylation is 1. The van der Waals surface area contributed by atoms with Gasteiger partial charge in [0.25, 0.3) is 0 Å². The van der Waals surface area contributed by atoms with Crippen LogP contribution in [0.1, 0.15) is 42.4 Å². The highest BCUT2D eigenvalue weighted by Crippen LogP contribution is 2.32. The molecule has 0 aliphatic heterocycles. The lowest BCUT2D eigenvalue weighted by molar-refractivity contribution is 0.0717. The third-order valence-corrected chi connectivity index (χ3v) is 5.63. The number of rotatable bonds is 9. The fourth-order valence-corrected chi connectivity index (χ4v) is 3.98. The van der Waals surface area contributed by atoms with Gasteiger partial charge in [0.05, 0.1) is 5.52 Å². The standard InChI is InChI=1S/C25H32N2O3/c1-6-26(7-2)15-21(29)16-30-22-12-13-24-23(14-22)25(19(5)28)18(4)27(24)20-10-8-17(3)9-11-20/h8-14,21,29H,6-7,15-16H2,1-5H3/t21-/m1/s1. The highest BCUT2D eigenvalue weighted by molar-refractivity contribution is 6.09. The molecule has 2 aromatic carbocycles. The minimum absolute atomic E-state index is 0.0297. The highest BCUT2D eigenvalue weighted by atomic mass is 16.5. The van der Waals surface area contributed by atoms with Crippen molar-refractivity contribution in [1.29, 1.82) is 0 Å². The lowest BCUT2D eigenvalue weighted by Gasteiger charge is -2.22. The van der Waals surface area contributed by atoms with Crippen LogP contribution in [-0.2, 0) is 0 Å². The van der Waals surface area contributed by atoms with E-state index in [0.29, 0.717) is 17.9 Å². The van der Waals surface area contributed by atoms with Gasteiger partial charge in [0.2, 0.25) is 0 Å². The molecule has 1 heterocycles. The Balaban J connectivity index is 1.93. The van der Waals surface area contributed by atoms with Gasteiger partial charge in [-0.2, -0.15) is 0 Å². The molecule has 1 aromatic heterocycles. The van der Waals surface area contributed by atoms with E-state index >= 15 is 0 Å². The number of nitrogens with zero attached hydrogens (tertiary/aromatic N) is 2. The molecule has 0 saturated carbocycles. The predicted molar refractivity (Wildman–Crippen MR) is 122 cm³/mol. The summed E-state index contributed by atoms with van der Waals surface area (Å²) < 4.78 is 7.99. The number of carbonyl (C=O) groups is 1. The maximum atomic E-state index is 12.4. The van der Waals surface area contributed by atoms with Gasteiger partial charge in [0.1, 0.15) is 18.5 Å². The van der Waals surface area contributed by atoms with Gasteiger partial charge in [0, 0.05) is 28.9 Å². The first-order valence-corrected chi connectivity index (χ1v) is 10.6. The molecular formula is C25H32N2O3. The number of fused-ring (bicyclic) bond motifs is 1. The number of likely N-dealkylation sites (N-methyl/N-ethyl adjacent to an activating group) is 1. The molecule has 0 unspecified atom stereocenters. The molecule has 1 N–H and O–H groups in total. The number of hydrogen-bond acceptors (Lipinski definition) is 4. The number of hydrogen-bond donors (Lipinski definition) is 1. The van der Waals surface area contributed by atoms with Crippen LogP contribution in [0.15, 0.2) is 42.5 Å². The van der Waals surface area contributed by atoms with Gasteiger partial charge >= 0.3 is 0 Å². The second kappa shape index (κ2) is 9.45. The Morgan fingerprint density at radius 2 is 1.77 bits per heavy atom. The molecular weight excluding hydrogens is 376 g/mol. The second-order valence-electron chi connectivity index (χ2n) is 7.82. The quantitative estimate of drug-likeness (QED) is 0.529. The van der Waals surface area contributed by atoms with Gasteiger partial charge in [0.15, 0.2) is 5.78 Å². The molecule has 0 spiro atoms. The van der Waals surface area contributed by atoms with Crippen molar-refractivity contribution in [2.75, 3.05) is 26.2 Å². The summed E-state index contributed by atoms with van der Waals surface area (Å²) in [5, 5.41) is 11.2. The van der Waals surface area contributed by atoms with Crippen LogP contribution in [-0.4, -0.2) is 52.7 Å². The largest absolute Gasteiger partial charge is 0.491 e. The maximum absolute atomic E-state index is 12.4. The Morgan fingerprint density at radius 3 is 2.37 bits per heavy atom. The molecule has 0 bridgehead atoms. The summed E-state index contributed by atoms with van der Waals surface area (Å²) in [6.45, 7) is 12.4. The number of aliphatic hydroxyl groups excluding tert-OH is 1. The average Bonchev–Trinajstić information content (AvgIpc) is 3.02. The number of aromatic nitrogens is 1. The molecule has 1 atom stereocenters. The third kappa shape index (κ3) is 4.58. The Kier molecular flexibility index (Phi) is 6.95. The van der Waals surface area contributed by atoms with Crippen molar-refractivity contribution in [2.24, 2.45) is 0 Å². The van der Waals surface area contributed by atoms with Gasteiger partial charge in [-0.05, 0) is 64.2 Å². The van der Waals surface area contributed by atoms with Crippen LogP contribution in [0.3, 0.4) is 0 Å². The average molecular weight is 409 g/mol. The van der Waals surface area contributed by atoms with E-state index in [2.05, 4.69) is 54.5 Å². The van der Waals surface area contributed by atoms with E-state index in [0.717, 1.165) is 35.4 Å². The highest BCUT2D eigenvalue weighted by Gasteiger charge is 2.19. The molecule has 0 amide bonds. The van der Waals surface area contributed by atoms with Crippen LogP contribution >= 0.6 is 0 Å². The maximum Gasteiger partial charge on any atom is 0.162 e. The molecule has 0 fully saturated rings. The van der Waals surface area contributed by atoms with Crippen LogP contribution in [0.2, 0.25) is 0 Å². The van der Waals surface area contributed by atoms with Gasteiger partial charge in [-0.25, -0.2) is 0 Å². The number of ketones is 1. The number of ether oxygens (including phenoxy) is 1. The zero-order valence-corrected chi connectivity index (χ0v) is 18.6. The predicted octanol–water partition coefficient (Wildman–Crippen LogP) is 4.53. The third-order valence-electron chi connectivity index (χ3n) is 5.63. The lowest BCUT2D eigenvalue weighted by atomic mass is 10.1. The SMILES string of the molecule is CCN(CC)C[C@@H](O)COc1ccc2c(c1)c(C(C)=O)c(C)n2-c1ccc(C)cc1. The van der Waals surface area contributed by atoms with Crippen LogP contribution in [0, 0.1) is 13.8 Å². The molecule has 0 saturated heterocycles. The fraction of sp³-hybridized carbons (Fsp3) is 0.400. The minimum Gasteiger partial charge on any atom is -0.491 e. The Bertz CT molecular complexity index is 1020. The van der Waals surface area contributed by atoms with Crippen LogP contribution in [0.25, 0.3) is 16.6 Å². The lowest BCUT2D eigenvalue weighted by Crippen LogP contribution is -2.35. The first-order valence-electron chi connectivity index (χ1n) is 10.6. The molecule has 3 aromatic rings. The van der Waals surface area contributed by atoms with Crippen molar-refractivity contribution in [3.05, 3.63) is 59.3 Å². The molecule has 0 radical (unpaired) electrons. The van der Waals surface area contributed by atoms with Crippen LogP contribution < -0.4 is 4.74 Å². The van der Waals surface area contributed by atoms with Gasteiger partial charge < -0.3 is 19.3 Å². The first-order chi connectivity index (χ1) is 14.3. The van der Waals surface area contributed by atoms with Crippen LogP contribution in [0.5, 0.6) is 5.75 Å². The summed E-state index contributed by atoms with van der Waals surface area (Å²) in [5.41, 5.74) is 4.81. The first kappa shape index (κ1) is 22.1. The zero-order chi connectivity index (χ0) is 21.8. The summed E-state index contributed by atoms with van der Waals surface area (Å²) in [5.74, 6) is 0.687. The Morgan fingerprint density at radius 1 is 1.10 bits per heavy atom. The fourth-order valence-electron chi connectivity index (χ4n) is 3.98. The Labute approximate surface area is 178 Å². The number of benzene rings is 2. The number of Topliss-reactive ketones (excluding diaryl/α,β-unsaturated/α-hetero) is 1. The van der Waals surface area contributed by atoms with E-state index < -0.39 is 6.10 Å². The van der Waals surface area contributed by atoms with Gasteiger partial charge in [-0.15, -0.1) is 0 Å². The van der Waals surface area contributed by atoms with Gasteiger partial charge in [-0.1, -0.05) is 31.5 Å².